The van der Waals surface area contributed by atoms with Crippen LogP contribution in [0.25, 0.3) is 0 Å². The van der Waals surface area contributed by atoms with Crippen LogP contribution in [-0.4, -0.2) is 55.9 Å². The van der Waals surface area contributed by atoms with Crippen molar-refractivity contribution in [3.05, 3.63) is 34.1 Å². The van der Waals surface area contributed by atoms with Crippen molar-refractivity contribution in [3.8, 4) is 0 Å². The first-order valence-corrected chi connectivity index (χ1v) is 10.7. The van der Waals surface area contributed by atoms with Crippen LogP contribution in [0.5, 0.6) is 0 Å². The van der Waals surface area contributed by atoms with Gasteiger partial charge in [-0.2, -0.15) is 0 Å². The number of halogens is 2. The first-order chi connectivity index (χ1) is 13.2. The summed E-state index contributed by atoms with van der Waals surface area (Å²) < 4.78 is 26.4. The Kier molecular flexibility index (Phi) is 7.91. The third-order valence-corrected chi connectivity index (χ3v) is 5.53. The molecule has 2 fully saturated rings. The number of piperidine rings is 1. The first-order valence-electron chi connectivity index (χ1n) is 9.86. The normalized spacial score (nSPS) is 21.7. The van der Waals surface area contributed by atoms with Crippen LogP contribution in [-0.2, 0) is 16.0 Å². The molecule has 3 rings (SSSR count). The lowest BCUT2D eigenvalue weighted by molar-refractivity contribution is -0.0367. The van der Waals surface area contributed by atoms with Gasteiger partial charge >= 0.3 is 0 Å². The Balaban J connectivity index is 1.51. The Bertz CT molecular complexity index is 630. The number of likely N-dealkylation sites (tertiary alicyclic amines) is 1. The van der Waals surface area contributed by atoms with E-state index in [0.717, 1.165) is 62.4 Å². The molecule has 2 aliphatic heterocycles. The van der Waals surface area contributed by atoms with Crippen molar-refractivity contribution in [1.29, 1.82) is 0 Å². The van der Waals surface area contributed by atoms with Gasteiger partial charge in [-0.05, 0) is 44.7 Å². The van der Waals surface area contributed by atoms with Gasteiger partial charge in [0.25, 0.3) is 0 Å². The molecule has 0 radical (unpaired) electrons. The fraction of sp³-hybridized carbons (Fsp3) is 0.650. The number of benzene rings is 1. The second-order valence-electron chi connectivity index (χ2n) is 7.06. The van der Waals surface area contributed by atoms with Crippen LogP contribution in [0.1, 0.15) is 38.2 Å². The van der Waals surface area contributed by atoms with Crippen LogP contribution in [0.4, 0.5) is 4.39 Å². The molecule has 150 valence electrons. The lowest BCUT2D eigenvalue weighted by Gasteiger charge is -2.34. The van der Waals surface area contributed by atoms with Gasteiger partial charge in [-0.25, -0.2) is 9.38 Å². The van der Waals surface area contributed by atoms with Gasteiger partial charge in [0, 0.05) is 36.3 Å². The molecule has 1 aromatic rings. The van der Waals surface area contributed by atoms with Gasteiger partial charge in [0.1, 0.15) is 5.82 Å². The van der Waals surface area contributed by atoms with Crippen LogP contribution in [0, 0.1) is 5.82 Å². The van der Waals surface area contributed by atoms with Crippen molar-refractivity contribution in [2.75, 3.05) is 32.8 Å². The van der Waals surface area contributed by atoms with Crippen LogP contribution in [0.15, 0.2) is 27.7 Å². The smallest absolute Gasteiger partial charge is 0.194 e. The number of nitrogens with zero attached hydrogens (tertiary/aromatic N) is 2. The molecule has 1 aromatic carbocycles. The summed E-state index contributed by atoms with van der Waals surface area (Å²) in [5, 5.41) is 3.33. The van der Waals surface area contributed by atoms with Gasteiger partial charge in [-0.15, -0.1) is 0 Å². The quantitative estimate of drug-likeness (QED) is 0.539. The summed E-state index contributed by atoms with van der Waals surface area (Å²) in [5.74, 6) is 0.614. The number of guanidine groups is 1. The highest BCUT2D eigenvalue weighted by atomic mass is 79.9. The Morgan fingerprint density at radius 2 is 2.19 bits per heavy atom. The number of rotatable bonds is 6. The minimum atomic E-state index is -0.231. The third-order valence-electron chi connectivity index (χ3n) is 5.03. The second kappa shape index (κ2) is 10.4. The van der Waals surface area contributed by atoms with Gasteiger partial charge < -0.3 is 19.7 Å². The van der Waals surface area contributed by atoms with Crippen LogP contribution in [0.2, 0.25) is 0 Å². The summed E-state index contributed by atoms with van der Waals surface area (Å²) >= 11 is 3.29. The van der Waals surface area contributed by atoms with E-state index in [9.17, 15) is 4.39 Å². The van der Waals surface area contributed by atoms with Crippen molar-refractivity contribution < 1.29 is 13.9 Å². The summed E-state index contributed by atoms with van der Waals surface area (Å²) in [6.07, 6.45) is 4.78. The predicted molar refractivity (Wildman–Crippen MR) is 108 cm³/mol. The van der Waals surface area contributed by atoms with Crippen molar-refractivity contribution in [2.24, 2.45) is 4.99 Å². The van der Waals surface area contributed by atoms with E-state index < -0.39 is 0 Å². The second-order valence-corrected chi connectivity index (χ2v) is 7.98. The molecule has 1 atom stereocenters. The van der Waals surface area contributed by atoms with Crippen LogP contribution >= 0.6 is 15.9 Å². The van der Waals surface area contributed by atoms with E-state index >= 15 is 0 Å². The minimum absolute atomic E-state index is 0.231. The van der Waals surface area contributed by atoms with Crippen molar-refractivity contribution in [2.45, 2.75) is 51.4 Å². The van der Waals surface area contributed by atoms with E-state index in [1.165, 1.54) is 6.07 Å². The molecular weight excluding hydrogens is 413 g/mol. The molecule has 0 aliphatic carbocycles. The first kappa shape index (κ1) is 20.6. The van der Waals surface area contributed by atoms with E-state index in [4.69, 9.17) is 9.47 Å². The Hall–Kier alpha value is -1.18. The summed E-state index contributed by atoms with van der Waals surface area (Å²) in [6, 6.07) is 5.10. The Morgan fingerprint density at radius 3 is 2.85 bits per heavy atom. The molecule has 2 aliphatic rings. The Morgan fingerprint density at radius 1 is 1.37 bits per heavy atom. The van der Waals surface area contributed by atoms with Crippen LogP contribution < -0.4 is 5.32 Å². The van der Waals surface area contributed by atoms with E-state index in [1.807, 2.05) is 13.0 Å². The lowest BCUT2D eigenvalue weighted by Crippen LogP contribution is -2.47. The number of aliphatic imine (C=N–C) groups is 1. The highest BCUT2D eigenvalue weighted by molar-refractivity contribution is 9.10. The summed E-state index contributed by atoms with van der Waals surface area (Å²) in [5.41, 5.74) is 0.600. The topological polar surface area (TPSA) is 46.1 Å². The molecule has 1 N–H and O–H groups in total. The maximum Gasteiger partial charge on any atom is 0.194 e. The molecule has 7 heteroatoms. The van der Waals surface area contributed by atoms with Gasteiger partial charge in [0.05, 0.1) is 25.4 Å². The van der Waals surface area contributed by atoms with Gasteiger partial charge in [-0.1, -0.05) is 22.0 Å². The molecule has 5 nitrogen and oxygen atoms in total. The average Bonchev–Trinajstić information content (AvgIpc) is 3.19. The lowest BCUT2D eigenvalue weighted by atomic mass is 10.1. The molecule has 0 saturated carbocycles. The van der Waals surface area contributed by atoms with E-state index in [1.54, 1.807) is 6.07 Å². The van der Waals surface area contributed by atoms with E-state index in [2.05, 4.69) is 31.1 Å². The number of nitrogens with one attached hydrogen (secondary N) is 1. The van der Waals surface area contributed by atoms with Gasteiger partial charge in [-0.3, -0.25) is 0 Å². The zero-order valence-corrected chi connectivity index (χ0v) is 17.5. The number of hydrogen-bond acceptors (Lipinski definition) is 3. The highest BCUT2D eigenvalue weighted by Crippen LogP contribution is 2.19. The predicted octanol–water partition coefficient (Wildman–Crippen LogP) is 3.71. The largest absolute Gasteiger partial charge is 0.376 e. The zero-order valence-electron chi connectivity index (χ0n) is 15.9. The standard InChI is InChI=1S/C20H29BrFN3O2/c1-2-23-20(24-13-15-5-6-16(21)12-19(15)22)25-9-7-17(8-10-25)27-14-18-4-3-11-26-18/h5-6,12,17-18H,2-4,7-11,13-14H2,1H3,(H,23,24). The SMILES string of the molecule is CCNC(=NCc1ccc(Br)cc1F)N1CCC(OCC2CCCO2)CC1. The number of ether oxygens (including phenoxy) is 2. The van der Waals surface area contributed by atoms with Crippen molar-refractivity contribution in [1.82, 2.24) is 10.2 Å². The fourth-order valence-corrected chi connectivity index (χ4v) is 3.82. The maximum absolute atomic E-state index is 14.0. The molecule has 27 heavy (non-hydrogen) atoms. The zero-order chi connectivity index (χ0) is 19.1. The minimum Gasteiger partial charge on any atom is -0.376 e. The molecule has 0 aromatic heterocycles. The summed E-state index contributed by atoms with van der Waals surface area (Å²) in [6.45, 7) is 6.53. The molecule has 1 unspecified atom stereocenters. The van der Waals surface area contributed by atoms with Crippen LogP contribution in [0.3, 0.4) is 0 Å². The molecule has 0 bridgehead atoms. The number of hydrogen-bond donors (Lipinski definition) is 1. The summed E-state index contributed by atoms with van der Waals surface area (Å²) in [4.78, 5) is 6.89. The molecule has 0 amide bonds. The van der Waals surface area contributed by atoms with E-state index in [0.29, 0.717) is 18.7 Å². The van der Waals surface area contributed by atoms with Gasteiger partial charge in [0.2, 0.25) is 0 Å². The fourth-order valence-electron chi connectivity index (χ4n) is 3.49. The summed E-state index contributed by atoms with van der Waals surface area (Å²) in [7, 11) is 0. The van der Waals surface area contributed by atoms with Crippen molar-refractivity contribution in [3.63, 3.8) is 0 Å². The molecule has 2 saturated heterocycles. The average molecular weight is 442 g/mol. The van der Waals surface area contributed by atoms with E-state index in [-0.39, 0.29) is 18.0 Å². The maximum atomic E-state index is 14.0. The molecule has 0 spiro atoms. The molecule has 2 heterocycles. The van der Waals surface area contributed by atoms with Crippen molar-refractivity contribution >= 4 is 21.9 Å². The highest BCUT2D eigenvalue weighted by Gasteiger charge is 2.24. The monoisotopic (exact) mass is 441 g/mol. The molecular formula is C20H29BrFN3O2. The van der Waals surface area contributed by atoms with Gasteiger partial charge in [0.15, 0.2) is 5.96 Å². The Labute approximate surface area is 169 Å². The third kappa shape index (κ3) is 6.16.